The minimum atomic E-state index is -2.49. The summed E-state index contributed by atoms with van der Waals surface area (Å²) in [6.07, 6.45) is 3.27. The van der Waals surface area contributed by atoms with Gasteiger partial charge in [0.15, 0.2) is 5.82 Å². The fourth-order valence-electron chi connectivity index (χ4n) is 7.70. The molecule has 3 N–H and O–H groups in total. The van der Waals surface area contributed by atoms with E-state index in [9.17, 15) is 13.6 Å². The van der Waals surface area contributed by atoms with Crippen LogP contribution in [-0.2, 0) is 6.54 Å². The molecule has 0 radical (unpaired) electrons. The van der Waals surface area contributed by atoms with Crippen molar-refractivity contribution in [1.82, 2.24) is 29.5 Å². The van der Waals surface area contributed by atoms with Gasteiger partial charge in [0.05, 0.1) is 19.9 Å². The summed E-state index contributed by atoms with van der Waals surface area (Å²) in [7, 11) is 3.70. The maximum Gasteiger partial charge on any atom is 0.254 e. The highest BCUT2D eigenvalue weighted by Gasteiger charge is 2.61. The maximum atomic E-state index is 13.4. The molecule has 0 unspecified atom stereocenters. The Kier molecular flexibility index (Phi) is 5.55. The minimum absolute atomic E-state index is 0.0105. The number of nitrogens with one attached hydrogen (secondary N) is 1. The van der Waals surface area contributed by atoms with Gasteiger partial charge in [-0.1, -0.05) is 6.07 Å². The molecule has 2 saturated carbocycles. The standard InChI is InChI=1S/C28H34F2N8O2/c1-36-13-27(14-36)15-37(16-27)24(39)18-3-4-19(21(5-18)40-2)10-38-22-20(9-33-38)34-25(31)35-23(22)32-8-17-6-26(7-17)11-28(29,30)12-26/h3-5,9,17H,6-8,10-16H2,1-2H3,(H3,31,32,34,35). The lowest BCUT2D eigenvalue weighted by atomic mass is 9.50. The molecule has 10 nitrogen and oxygen atoms in total. The van der Waals surface area contributed by atoms with Gasteiger partial charge in [0.2, 0.25) is 11.9 Å². The van der Waals surface area contributed by atoms with Crippen LogP contribution < -0.4 is 15.8 Å². The zero-order valence-electron chi connectivity index (χ0n) is 22.8. The lowest BCUT2D eigenvalue weighted by Gasteiger charge is -2.59. The molecule has 0 bridgehead atoms. The molecular weight excluding hydrogens is 518 g/mol. The van der Waals surface area contributed by atoms with Gasteiger partial charge in [-0.2, -0.15) is 10.1 Å². The summed E-state index contributed by atoms with van der Waals surface area (Å²) in [5.41, 5.74) is 8.85. The average molecular weight is 553 g/mol. The highest BCUT2D eigenvalue weighted by molar-refractivity contribution is 5.95. The van der Waals surface area contributed by atoms with E-state index >= 15 is 0 Å². The number of likely N-dealkylation sites (tertiary alicyclic amines) is 2. The third kappa shape index (κ3) is 4.23. The second kappa shape index (κ2) is 8.73. The molecule has 1 aromatic carbocycles. The molecule has 1 amide bonds. The van der Waals surface area contributed by atoms with E-state index in [1.165, 1.54) is 0 Å². The largest absolute Gasteiger partial charge is 0.496 e. The molecule has 12 heteroatoms. The molecule has 4 fully saturated rings. The fourth-order valence-corrected chi connectivity index (χ4v) is 7.70. The van der Waals surface area contributed by atoms with Crippen molar-refractivity contribution in [2.24, 2.45) is 16.7 Å². The van der Waals surface area contributed by atoms with E-state index < -0.39 is 5.92 Å². The van der Waals surface area contributed by atoms with Crippen molar-refractivity contribution < 1.29 is 18.3 Å². The Labute approximate surface area is 230 Å². The number of aromatic nitrogens is 4. The summed E-state index contributed by atoms with van der Waals surface area (Å²) in [6, 6.07) is 5.54. The number of fused-ring (bicyclic) bond motifs is 1. The number of anilines is 2. The number of hydrogen-bond donors (Lipinski definition) is 2. The molecule has 2 aliphatic heterocycles. The van der Waals surface area contributed by atoms with Gasteiger partial charge in [-0.3, -0.25) is 9.48 Å². The van der Waals surface area contributed by atoms with Crippen molar-refractivity contribution in [3.05, 3.63) is 35.5 Å². The quantitative estimate of drug-likeness (QED) is 0.460. The Morgan fingerprint density at radius 3 is 2.58 bits per heavy atom. The molecule has 0 atom stereocenters. The summed E-state index contributed by atoms with van der Waals surface area (Å²) < 4.78 is 34.2. The van der Waals surface area contributed by atoms with E-state index in [2.05, 4.69) is 32.3 Å². The molecular formula is C28H34F2N8O2. The third-order valence-corrected chi connectivity index (χ3v) is 9.18. The molecule has 4 aliphatic rings. The van der Waals surface area contributed by atoms with Crippen LogP contribution in [0, 0.1) is 16.7 Å². The van der Waals surface area contributed by atoms with E-state index in [0.29, 0.717) is 47.2 Å². The first-order valence-corrected chi connectivity index (χ1v) is 13.8. The summed E-state index contributed by atoms with van der Waals surface area (Å²) >= 11 is 0. The number of carbonyl (C=O) groups is 1. The summed E-state index contributed by atoms with van der Waals surface area (Å²) in [5, 5.41) is 7.92. The van der Waals surface area contributed by atoms with Crippen molar-refractivity contribution >= 4 is 28.7 Å². The summed E-state index contributed by atoms with van der Waals surface area (Å²) in [5.74, 6) is -0.839. The van der Waals surface area contributed by atoms with Gasteiger partial charge in [0, 0.05) is 62.1 Å². The molecule has 3 aromatic rings. The monoisotopic (exact) mass is 552 g/mol. The lowest BCUT2D eigenvalue weighted by Crippen LogP contribution is -2.72. The number of nitrogens with two attached hydrogens (primary N) is 1. The maximum absolute atomic E-state index is 13.4. The van der Waals surface area contributed by atoms with Crippen LogP contribution in [0.15, 0.2) is 24.4 Å². The van der Waals surface area contributed by atoms with Crippen LogP contribution in [0.25, 0.3) is 11.0 Å². The molecule has 4 heterocycles. The van der Waals surface area contributed by atoms with Crippen LogP contribution in [0.4, 0.5) is 20.5 Å². The van der Waals surface area contributed by atoms with Crippen LogP contribution in [0.3, 0.4) is 0 Å². The first-order valence-electron chi connectivity index (χ1n) is 13.8. The summed E-state index contributed by atoms with van der Waals surface area (Å²) in [4.78, 5) is 26.1. The number of nitrogens with zero attached hydrogens (tertiary/aromatic N) is 6. The Morgan fingerprint density at radius 2 is 1.90 bits per heavy atom. The van der Waals surface area contributed by atoms with Gasteiger partial charge in [-0.25, -0.2) is 13.8 Å². The average Bonchev–Trinajstić information content (AvgIpc) is 3.23. The zero-order chi connectivity index (χ0) is 27.9. The first-order chi connectivity index (χ1) is 19.0. The SMILES string of the molecule is COc1cc(C(=O)N2CC3(CN(C)C3)C2)ccc1Cn1ncc2nc(N)nc(NCC3CC4(C3)CC(F)(F)C4)c21. The van der Waals surface area contributed by atoms with Crippen molar-refractivity contribution in [3.63, 3.8) is 0 Å². The smallest absolute Gasteiger partial charge is 0.254 e. The number of nitrogen functional groups attached to an aromatic ring is 1. The number of carbonyl (C=O) groups excluding carboxylic acids is 1. The molecule has 2 aromatic heterocycles. The van der Waals surface area contributed by atoms with Gasteiger partial charge < -0.3 is 25.6 Å². The summed E-state index contributed by atoms with van der Waals surface area (Å²) in [6.45, 7) is 4.69. The second-order valence-corrected chi connectivity index (χ2v) is 12.7. The van der Waals surface area contributed by atoms with E-state index in [4.69, 9.17) is 10.5 Å². The number of ether oxygens (including phenoxy) is 1. The number of methoxy groups -OCH3 is 1. The molecule has 40 heavy (non-hydrogen) atoms. The predicted molar refractivity (Wildman–Crippen MR) is 145 cm³/mol. The van der Waals surface area contributed by atoms with Gasteiger partial charge in [-0.15, -0.1) is 0 Å². The molecule has 2 saturated heterocycles. The normalized spacial score (nSPS) is 22.4. The number of benzene rings is 1. The van der Waals surface area contributed by atoms with Crippen LogP contribution in [0.5, 0.6) is 5.75 Å². The van der Waals surface area contributed by atoms with Crippen molar-refractivity contribution in [2.75, 3.05) is 57.9 Å². The Hall–Kier alpha value is -3.54. The van der Waals surface area contributed by atoms with E-state index in [1.54, 1.807) is 24.1 Å². The topological polar surface area (TPSA) is 114 Å². The Bertz CT molecular complexity index is 1480. The van der Waals surface area contributed by atoms with Gasteiger partial charge in [0.1, 0.15) is 16.8 Å². The van der Waals surface area contributed by atoms with Gasteiger partial charge in [0.25, 0.3) is 5.91 Å². The highest BCUT2D eigenvalue weighted by atomic mass is 19.3. The predicted octanol–water partition coefficient (Wildman–Crippen LogP) is 3.09. The van der Waals surface area contributed by atoms with E-state index in [1.807, 2.05) is 17.0 Å². The van der Waals surface area contributed by atoms with Crippen molar-refractivity contribution in [1.29, 1.82) is 0 Å². The first kappa shape index (κ1) is 25.4. The lowest BCUT2D eigenvalue weighted by molar-refractivity contribution is -0.204. The second-order valence-electron chi connectivity index (χ2n) is 12.7. The zero-order valence-corrected chi connectivity index (χ0v) is 22.8. The highest BCUT2D eigenvalue weighted by Crippen LogP contribution is 2.64. The van der Waals surface area contributed by atoms with Gasteiger partial charge >= 0.3 is 0 Å². The molecule has 2 spiro atoms. The molecule has 212 valence electrons. The third-order valence-electron chi connectivity index (χ3n) is 9.18. The van der Waals surface area contributed by atoms with Crippen LogP contribution >= 0.6 is 0 Å². The number of hydrogen-bond acceptors (Lipinski definition) is 8. The number of halogens is 2. The van der Waals surface area contributed by atoms with E-state index in [0.717, 1.165) is 44.6 Å². The fraction of sp³-hybridized carbons (Fsp3) is 0.571. The molecule has 7 rings (SSSR count). The van der Waals surface area contributed by atoms with Gasteiger partial charge in [-0.05, 0) is 43.4 Å². The molecule has 2 aliphatic carbocycles. The number of amides is 1. The van der Waals surface area contributed by atoms with Crippen LogP contribution in [0.2, 0.25) is 0 Å². The van der Waals surface area contributed by atoms with Crippen molar-refractivity contribution in [3.8, 4) is 5.75 Å². The number of rotatable bonds is 7. The Balaban J connectivity index is 1.05. The minimum Gasteiger partial charge on any atom is -0.496 e. The number of alkyl halides is 2. The van der Waals surface area contributed by atoms with Crippen molar-refractivity contribution in [2.45, 2.75) is 38.2 Å². The van der Waals surface area contributed by atoms with Crippen LogP contribution in [-0.4, -0.2) is 88.3 Å². The Morgan fingerprint density at radius 1 is 1.15 bits per heavy atom. The van der Waals surface area contributed by atoms with Crippen LogP contribution in [0.1, 0.15) is 41.6 Å². The van der Waals surface area contributed by atoms with E-state index in [-0.39, 0.29) is 35.5 Å².